The maximum absolute atomic E-state index is 6.09. The van der Waals surface area contributed by atoms with Crippen LogP contribution in [0.4, 0.5) is 5.82 Å². The number of nitrogens with zero attached hydrogens (tertiary/aromatic N) is 2. The lowest BCUT2D eigenvalue weighted by Gasteiger charge is -2.03. The zero-order valence-corrected chi connectivity index (χ0v) is 11.5. The molecule has 2 N–H and O–H groups in total. The van der Waals surface area contributed by atoms with Crippen LogP contribution in [0.2, 0.25) is 5.15 Å². The molecular weight excluding hydrogens is 270 g/mol. The van der Waals surface area contributed by atoms with Gasteiger partial charge in [-0.3, -0.25) is 0 Å². The van der Waals surface area contributed by atoms with E-state index in [1.54, 1.807) is 0 Å². The molecule has 0 saturated carbocycles. The van der Waals surface area contributed by atoms with Gasteiger partial charge in [0.25, 0.3) is 0 Å². The maximum Gasteiger partial charge on any atom is 0.157 e. The number of allylic oxidation sites excluding steroid dienone is 12. The van der Waals surface area contributed by atoms with Gasteiger partial charge in [0.1, 0.15) is 11.5 Å². The van der Waals surface area contributed by atoms with Gasteiger partial charge in [-0.05, 0) is 0 Å². The Kier molecular flexibility index (Phi) is 5.09. The number of hydrogen-bond acceptors (Lipinski definition) is 3. The quantitative estimate of drug-likeness (QED) is 0.851. The van der Waals surface area contributed by atoms with E-state index >= 15 is 0 Å². The van der Waals surface area contributed by atoms with Crippen molar-refractivity contribution in [3.8, 4) is 0 Å². The summed E-state index contributed by atoms with van der Waals surface area (Å²) in [5.41, 5.74) is 7.02. The topological polar surface area (TPSA) is 51.8 Å². The van der Waals surface area contributed by atoms with Crippen molar-refractivity contribution in [2.75, 3.05) is 5.73 Å². The number of rotatable bonds is 1. The van der Waals surface area contributed by atoms with Gasteiger partial charge in [-0.1, -0.05) is 78.4 Å². The van der Waals surface area contributed by atoms with Crippen molar-refractivity contribution in [2.24, 2.45) is 0 Å². The summed E-state index contributed by atoms with van der Waals surface area (Å²) in [7, 11) is 0. The molecule has 1 aromatic rings. The van der Waals surface area contributed by atoms with Crippen LogP contribution in [-0.2, 0) is 0 Å². The zero-order chi connectivity index (χ0) is 14.2. The highest BCUT2D eigenvalue weighted by atomic mass is 35.5. The molecule has 0 spiro atoms. The molecule has 0 saturated heterocycles. The Hall–Kier alpha value is -2.39. The van der Waals surface area contributed by atoms with Crippen LogP contribution in [0.15, 0.2) is 73.0 Å². The fourth-order valence-electron chi connectivity index (χ4n) is 1.55. The van der Waals surface area contributed by atoms with Crippen molar-refractivity contribution in [2.45, 2.75) is 0 Å². The van der Waals surface area contributed by atoms with Gasteiger partial charge in [-0.25, -0.2) is 9.97 Å². The van der Waals surface area contributed by atoms with Crippen molar-refractivity contribution in [1.82, 2.24) is 9.97 Å². The minimum atomic E-state index is 0.292. The fraction of sp³-hybridized carbons (Fsp3) is 0. The van der Waals surface area contributed by atoms with E-state index < -0.39 is 0 Å². The Morgan fingerprint density at radius 3 is 2.10 bits per heavy atom. The van der Waals surface area contributed by atoms with Gasteiger partial charge in [0, 0.05) is 5.57 Å². The average molecular weight is 284 g/mol. The Morgan fingerprint density at radius 1 is 0.850 bits per heavy atom. The highest BCUT2D eigenvalue weighted by molar-refractivity contribution is 6.31. The van der Waals surface area contributed by atoms with Gasteiger partial charge in [0.2, 0.25) is 0 Å². The van der Waals surface area contributed by atoms with Gasteiger partial charge in [-0.15, -0.1) is 0 Å². The normalized spacial score (nSPS) is 25.4. The van der Waals surface area contributed by atoms with E-state index in [2.05, 4.69) is 9.97 Å². The van der Waals surface area contributed by atoms with Crippen LogP contribution in [0.1, 0.15) is 5.69 Å². The molecule has 0 atom stereocenters. The van der Waals surface area contributed by atoms with Crippen molar-refractivity contribution < 1.29 is 0 Å². The molecule has 0 radical (unpaired) electrons. The largest absolute Gasteiger partial charge is 0.382 e. The number of aromatic nitrogens is 2. The van der Waals surface area contributed by atoms with E-state index in [0.29, 0.717) is 16.7 Å². The van der Waals surface area contributed by atoms with E-state index in [0.717, 1.165) is 5.57 Å². The summed E-state index contributed by atoms with van der Waals surface area (Å²) < 4.78 is 0. The molecule has 1 aliphatic rings. The lowest BCUT2D eigenvalue weighted by molar-refractivity contribution is 1.18. The zero-order valence-electron chi connectivity index (χ0n) is 10.8. The highest BCUT2D eigenvalue weighted by Crippen LogP contribution is 2.22. The van der Waals surface area contributed by atoms with Gasteiger partial charge in [0.05, 0.1) is 6.20 Å². The van der Waals surface area contributed by atoms with Crippen LogP contribution in [0, 0.1) is 0 Å². The Balaban J connectivity index is 2.40. The Labute approximate surface area is 123 Å². The summed E-state index contributed by atoms with van der Waals surface area (Å²) in [4.78, 5) is 8.26. The Morgan fingerprint density at radius 2 is 1.45 bits per heavy atom. The predicted octanol–water partition coefficient (Wildman–Crippen LogP) is 3.89. The fourth-order valence-corrected chi connectivity index (χ4v) is 1.81. The summed E-state index contributed by atoms with van der Waals surface area (Å²) in [6.45, 7) is 0. The molecule has 1 aliphatic carbocycles. The first-order valence-corrected chi connectivity index (χ1v) is 6.48. The van der Waals surface area contributed by atoms with Crippen LogP contribution in [-0.4, -0.2) is 9.97 Å². The van der Waals surface area contributed by atoms with E-state index in [1.807, 2.05) is 66.8 Å². The van der Waals surface area contributed by atoms with Crippen LogP contribution >= 0.6 is 11.6 Å². The molecule has 0 aromatic carbocycles. The summed E-state index contributed by atoms with van der Waals surface area (Å²) in [6, 6.07) is 0. The summed E-state index contributed by atoms with van der Waals surface area (Å²) >= 11 is 6.09. The molecule has 1 aromatic heterocycles. The molecule has 0 aliphatic heterocycles. The van der Waals surface area contributed by atoms with Crippen molar-refractivity contribution in [3.63, 3.8) is 0 Å². The second-order valence-corrected chi connectivity index (χ2v) is 4.31. The summed E-state index contributed by atoms with van der Waals surface area (Å²) in [5, 5.41) is 0.292. The minimum Gasteiger partial charge on any atom is -0.382 e. The molecule has 100 valence electrons. The number of halogens is 1. The average Bonchev–Trinajstić information content (AvgIpc) is 2.40. The van der Waals surface area contributed by atoms with Crippen LogP contribution < -0.4 is 5.73 Å². The second-order valence-electron chi connectivity index (χ2n) is 3.96. The van der Waals surface area contributed by atoms with E-state index in [9.17, 15) is 0 Å². The molecule has 3 nitrogen and oxygen atoms in total. The lowest BCUT2D eigenvalue weighted by Crippen LogP contribution is -1.97. The number of anilines is 1. The van der Waals surface area contributed by atoms with Gasteiger partial charge >= 0.3 is 0 Å². The van der Waals surface area contributed by atoms with Crippen LogP contribution in [0.25, 0.3) is 5.57 Å². The second kappa shape index (κ2) is 7.26. The standard InChI is InChI=1S/C16H14ClN3/c17-16-15(19-12-14(18)20-16)13-10-8-6-4-2-1-3-5-7-9-11-13/h1-12H,(H2,18,20)/b2-1-,3-1?,4-2?,5-3-,6-4-,7-5?,8-6?,9-7-,10-8-,11-9?,13-10?,13-11+. The monoisotopic (exact) mass is 283 g/mol. The number of nitrogen functional groups attached to an aromatic ring is 1. The smallest absolute Gasteiger partial charge is 0.157 e. The SMILES string of the molecule is Nc1cnc(C2=C/C=C\C=C/C=C\C=C/C=C\2)c(Cl)n1. The molecule has 2 rings (SSSR count). The van der Waals surface area contributed by atoms with Crippen LogP contribution in [0.3, 0.4) is 0 Å². The van der Waals surface area contributed by atoms with Crippen molar-refractivity contribution in [1.29, 1.82) is 0 Å². The van der Waals surface area contributed by atoms with E-state index in [-0.39, 0.29) is 0 Å². The molecular formula is C16H14ClN3. The van der Waals surface area contributed by atoms with Crippen molar-refractivity contribution >= 4 is 23.0 Å². The van der Waals surface area contributed by atoms with Gasteiger partial charge in [-0.2, -0.15) is 0 Å². The summed E-state index contributed by atoms with van der Waals surface area (Å²) in [6.07, 6.45) is 22.8. The third-order valence-electron chi connectivity index (χ3n) is 2.46. The maximum atomic E-state index is 6.09. The molecule has 0 unspecified atom stereocenters. The molecule has 20 heavy (non-hydrogen) atoms. The number of hydrogen-bond donors (Lipinski definition) is 1. The highest BCUT2D eigenvalue weighted by Gasteiger charge is 2.06. The van der Waals surface area contributed by atoms with Gasteiger partial charge < -0.3 is 5.73 Å². The third-order valence-corrected chi connectivity index (χ3v) is 2.73. The molecule has 0 fully saturated rings. The minimum absolute atomic E-state index is 0.292. The first-order chi connectivity index (χ1) is 9.77. The molecule has 0 bridgehead atoms. The summed E-state index contributed by atoms with van der Waals surface area (Å²) in [5.74, 6) is 0.306. The van der Waals surface area contributed by atoms with E-state index in [1.165, 1.54) is 6.20 Å². The number of nitrogens with two attached hydrogens (primary N) is 1. The Bertz CT molecular complexity index is 650. The van der Waals surface area contributed by atoms with Gasteiger partial charge in [0.15, 0.2) is 5.15 Å². The lowest BCUT2D eigenvalue weighted by atomic mass is 10.1. The van der Waals surface area contributed by atoms with Crippen molar-refractivity contribution in [3.05, 3.63) is 83.9 Å². The first kappa shape index (κ1) is 14.0. The molecule has 4 heteroatoms. The molecule has 0 amide bonds. The first-order valence-electron chi connectivity index (χ1n) is 6.11. The third kappa shape index (κ3) is 4.07. The molecule has 1 heterocycles. The van der Waals surface area contributed by atoms with E-state index in [4.69, 9.17) is 17.3 Å². The van der Waals surface area contributed by atoms with Crippen LogP contribution in [0.5, 0.6) is 0 Å². The predicted molar refractivity (Wildman–Crippen MR) is 85.1 cm³/mol.